The molecule has 1 saturated heterocycles. The lowest BCUT2D eigenvalue weighted by molar-refractivity contribution is -0.159. The second-order valence-electron chi connectivity index (χ2n) is 8.51. The predicted octanol–water partition coefficient (Wildman–Crippen LogP) is 4.23. The van der Waals surface area contributed by atoms with Gasteiger partial charge in [-0.15, -0.1) is 0 Å². The molecule has 2 N–H and O–H groups in total. The van der Waals surface area contributed by atoms with E-state index in [1.165, 1.54) is 50.8 Å². The molecule has 1 aromatic carbocycles. The molecule has 0 radical (unpaired) electrons. The average molecular weight is 434 g/mol. The lowest BCUT2D eigenvalue weighted by Crippen LogP contribution is -2.28. The van der Waals surface area contributed by atoms with Crippen molar-refractivity contribution in [2.75, 3.05) is 26.2 Å². The summed E-state index contributed by atoms with van der Waals surface area (Å²) >= 11 is 0. The molecule has 0 aliphatic carbocycles. The molecule has 7 nitrogen and oxygen atoms in total. The van der Waals surface area contributed by atoms with Crippen LogP contribution in [0.2, 0.25) is 0 Å². The van der Waals surface area contributed by atoms with Gasteiger partial charge in [0.1, 0.15) is 23.7 Å². The molecule has 0 aromatic heterocycles. The zero-order valence-corrected chi connectivity index (χ0v) is 18.9. The molecule has 0 amide bonds. The van der Waals surface area contributed by atoms with E-state index in [4.69, 9.17) is 29.3 Å². The third-order valence-electron chi connectivity index (χ3n) is 5.30. The van der Waals surface area contributed by atoms with Crippen LogP contribution in [0.3, 0.4) is 0 Å². The van der Waals surface area contributed by atoms with E-state index in [9.17, 15) is 0 Å². The maximum absolute atomic E-state index is 9.10. The zero-order chi connectivity index (χ0) is 22.9. The number of ether oxygens (including phenoxy) is 2. The Balaban J connectivity index is 0.000000501. The molecule has 2 aliphatic heterocycles. The molecule has 2 aliphatic rings. The van der Waals surface area contributed by atoms with Crippen LogP contribution in [-0.2, 0) is 16.0 Å². The number of hydrogen-bond acceptors (Lipinski definition) is 5. The number of carboxylic acid groups (broad SMARTS) is 2. The number of fused-ring (bicyclic) bond motifs is 1. The van der Waals surface area contributed by atoms with E-state index in [0.717, 1.165) is 36.6 Å². The largest absolute Gasteiger partial charge is 0.491 e. The second-order valence-corrected chi connectivity index (χ2v) is 8.51. The van der Waals surface area contributed by atoms with Crippen molar-refractivity contribution in [2.45, 2.75) is 64.9 Å². The molecular formula is C24H35NO6. The minimum absolute atomic E-state index is 0.248. The van der Waals surface area contributed by atoms with Crippen LogP contribution in [0.25, 0.3) is 6.08 Å². The van der Waals surface area contributed by atoms with Gasteiger partial charge in [0.05, 0.1) is 5.56 Å². The summed E-state index contributed by atoms with van der Waals surface area (Å²) in [7, 11) is 0. The summed E-state index contributed by atoms with van der Waals surface area (Å²) in [5.74, 6) is -1.70. The number of unbranched alkanes of at least 4 members (excludes halogenated alkanes) is 2. The van der Waals surface area contributed by atoms with Crippen LogP contribution in [0, 0.1) is 0 Å². The van der Waals surface area contributed by atoms with E-state index >= 15 is 0 Å². The van der Waals surface area contributed by atoms with E-state index < -0.39 is 11.9 Å². The van der Waals surface area contributed by atoms with Crippen molar-refractivity contribution in [1.82, 2.24) is 4.90 Å². The Bertz CT molecular complexity index is 769. The summed E-state index contributed by atoms with van der Waals surface area (Å²) in [6.45, 7) is 10.7. The number of hydrogen-bond donors (Lipinski definition) is 2. The minimum atomic E-state index is -1.82. The van der Waals surface area contributed by atoms with Crippen LogP contribution in [0.1, 0.15) is 64.0 Å². The first-order chi connectivity index (χ1) is 14.7. The van der Waals surface area contributed by atoms with Crippen molar-refractivity contribution in [2.24, 2.45) is 0 Å². The zero-order valence-electron chi connectivity index (χ0n) is 18.9. The smallest absolute Gasteiger partial charge is 0.414 e. The topological polar surface area (TPSA) is 96.3 Å². The third kappa shape index (κ3) is 8.25. The fourth-order valence-corrected chi connectivity index (χ4v) is 3.64. The van der Waals surface area contributed by atoms with Gasteiger partial charge in [-0.05, 0) is 82.5 Å². The van der Waals surface area contributed by atoms with Crippen molar-refractivity contribution >= 4 is 18.0 Å². The SMILES string of the molecule is CCCCCc1cc(OCCN2CCCC2)c2c(c1)OC(C)(C)C=C2.O=C(O)C(=O)O. The molecule has 2 heterocycles. The molecule has 172 valence electrons. The highest BCUT2D eigenvalue weighted by Crippen LogP contribution is 2.38. The molecule has 0 bridgehead atoms. The van der Waals surface area contributed by atoms with Gasteiger partial charge in [0.25, 0.3) is 0 Å². The van der Waals surface area contributed by atoms with Gasteiger partial charge in [-0.25, -0.2) is 9.59 Å². The number of likely N-dealkylation sites (tertiary alicyclic amines) is 1. The first-order valence-electron chi connectivity index (χ1n) is 11.1. The van der Waals surface area contributed by atoms with Crippen LogP contribution in [0.4, 0.5) is 0 Å². The molecule has 1 fully saturated rings. The van der Waals surface area contributed by atoms with Crippen molar-refractivity contribution in [3.05, 3.63) is 29.3 Å². The van der Waals surface area contributed by atoms with Gasteiger partial charge in [-0.3, -0.25) is 4.90 Å². The lowest BCUT2D eigenvalue weighted by atomic mass is 9.98. The monoisotopic (exact) mass is 433 g/mol. The fraction of sp³-hybridized carbons (Fsp3) is 0.583. The van der Waals surface area contributed by atoms with Gasteiger partial charge in [-0.2, -0.15) is 0 Å². The Labute approximate surface area is 184 Å². The molecule has 0 unspecified atom stereocenters. The number of carboxylic acids is 2. The molecule has 0 atom stereocenters. The molecule has 0 saturated carbocycles. The maximum atomic E-state index is 9.10. The van der Waals surface area contributed by atoms with Crippen molar-refractivity contribution in [1.29, 1.82) is 0 Å². The summed E-state index contributed by atoms with van der Waals surface area (Å²) in [4.78, 5) is 20.7. The van der Waals surface area contributed by atoms with Gasteiger partial charge < -0.3 is 19.7 Å². The number of nitrogens with zero attached hydrogens (tertiary/aromatic N) is 1. The van der Waals surface area contributed by atoms with Crippen molar-refractivity contribution < 1.29 is 29.3 Å². The Kier molecular flexibility index (Phi) is 9.37. The summed E-state index contributed by atoms with van der Waals surface area (Å²) in [6.07, 6.45) is 11.8. The minimum Gasteiger partial charge on any atom is -0.491 e. The van der Waals surface area contributed by atoms with E-state index in [0.29, 0.717) is 0 Å². The summed E-state index contributed by atoms with van der Waals surface area (Å²) in [6, 6.07) is 4.44. The number of benzene rings is 1. The van der Waals surface area contributed by atoms with Crippen LogP contribution >= 0.6 is 0 Å². The molecular weight excluding hydrogens is 398 g/mol. The summed E-state index contributed by atoms with van der Waals surface area (Å²) < 4.78 is 12.4. The number of aryl methyl sites for hydroxylation is 1. The van der Waals surface area contributed by atoms with E-state index in [1.54, 1.807) is 0 Å². The van der Waals surface area contributed by atoms with E-state index in [1.807, 2.05) is 0 Å². The van der Waals surface area contributed by atoms with Crippen LogP contribution in [-0.4, -0.2) is 58.9 Å². The van der Waals surface area contributed by atoms with E-state index in [-0.39, 0.29) is 5.60 Å². The fourth-order valence-electron chi connectivity index (χ4n) is 3.64. The molecule has 7 heteroatoms. The van der Waals surface area contributed by atoms with Gasteiger partial charge in [0.15, 0.2) is 0 Å². The highest BCUT2D eigenvalue weighted by Gasteiger charge is 2.24. The van der Waals surface area contributed by atoms with Gasteiger partial charge in [0.2, 0.25) is 0 Å². The quantitative estimate of drug-likeness (QED) is 0.468. The predicted molar refractivity (Wildman–Crippen MR) is 120 cm³/mol. The highest BCUT2D eigenvalue weighted by atomic mass is 16.5. The first-order valence-corrected chi connectivity index (χ1v) is 11.1. The van der Waals surface area contributed by atoms with Gasteiger partial charge >= 0.3 is 11.9 Å². The van der Waals surface area contributed by atoms with Crippen molar-refractivity contribution in [3.63, 3.8) is 0 Å². The molecule has 31 heavy (non-hydrogen) atoms. The second kappa shape index (κ2) is 11.7. The van der Waals surface area contributed by atoms with Crippen molar-refractivity contribution in [3.8, 4) is 11.5 Å². The molecule has 0 spiro atoms. The standard InChI is InChI=1S/C22H33NO2.C2H2O4/c1-4-5-6-9-18-16-20(24-15-14-23-12-7-8-13-23)19-10-11-22(2,3)25-21(19)17-18;3-1(4)2(5)6/h10-11,16-17H,4-9,12-15H2,1-3H3;(H,3,4)(H,5,6). The first kappa shape index (κ1) is 24.7. The molecule has 3 rings (SSSR count). The Morgan fingerprint density at radius 3 is 2.42 bits per heavy atom. The average Bonchev–Trinajstić information content (AvgIpc) is 3.21. The van der Waals surface area contributed by atoms with Gasteiger partial charge in [-0.1, -0.05) is 19.8 Å². The normalized spacial score (nSPS) is 16.6. The van der Waals surface area contributed by atoms with Gasteiger partial charge in [0, 0.05) is 6.54 Å². The van der Waals surface area contributed by atoms with Crippen LogP contribution in [0.5, 0.6) is 11.5 Å². The highest BCUT2D eigenvalue weighted by molar-refractivity contribution is 6.27. The Morgan fingerprint density at radius 1 is 1.13 bits per heavy atom. The maximum Gasteiger partial charge on any atom is 0.414 e. The van der Waals surface area contributed by atoms with Crippen LogP contribution < -0.4 is 9.47 Å². The molecule has 1 aromatic rings. The Morgan fingerprint density at radius 2 is 1.81 bits per heavy atom. The third-order valence-corrected chi connectivity index (χ3v) is 5.30. The van der Waals surface area contributed by atoms with Crippen LogP contribution in [0.15, 0.2) is 18.2 Å². The number of carbonyl (C=O) groups is 2. The summed E-state index contributed by atoms with van der Waals surface area (Å²) in [5, 5.41) is 14.8. The number of aliphatic carboxylic acids is 2. The Hall–Kier alpha value is -2.54. The number of rotatable bonds is 8. The van der Waals surface area contributed by atoms with E-state index in [2.05, 4.69) is 50.0 Å². The summed E-state index contributed by atoms with van der Waals surface area (Å²) in [5.41, 5.74) is 2.18. The lowest BCUT2D eigenvalue weighted by Gasteiger charge is -2.29.